The molecule has 0 unspecified atom stereocenters. The molecule has 11 heteroatoms. The van der Waals surface area contributed by atoms with Gasteiger partial charge in [0.1, 0.15) is 11.2 Å². The number of nitrogens with one attached hydrogen (secondary N) is 1. The van der Waals surface area contributed by atoms with Crippen LogP contribution in [0.3, 0.4) is 0 Å². The van der Waals surface area contributed by atoms with Crippen LogP contribution in [0.5, 0.6) is 5.75 Å². The SMILES string of the molecule is COc1cc(N2CCC(C(=O)Nc3nncs3)CC2)c([N+](=O)[O-])cc1F. The van der Waals surface area contributed by atoms with Crippen LogP contribution in [-0.4, -0.2) is 41.2 Å². The number of amides is 1. The molecular weight excluding hydrogens is 365 g/mol. The molecule has 1 amide bonds. The fourth-order valence-corrected chi connectivity index (χ4v) is 3.35. The Hall–Kier alpha value is -2.82. The van der Waals surface area contributed by atoms with Gasteiger partial charge in [-0.15, -0.1) is 10.2 Å². The van der Waals surface area contributed by atoms with Gasteiger partial charge in [0.15, 0.2) is 11.6 Å². The molecular formula is C15H16FN5O4S. The van der Waals surface area contributed by atoms with Crippen LogP contribution in [0, 0.1) is 21.8 Å². The van der Waals surface area contributed by atoms with Gasteiger partial charge in [0.2, 0.25) is 11.0 Å². The maximum absolute atomic E-state index is 13.8. The van der Waals surface area contributed by atoms with Gasteiger partial charge in [0.25, 0.3) is 5.69 Å². The molecule has 1 N–H and O–H groups in total. The summed E-state index contributed by atoms with van der Waals surface area (Å²) in [5.74, 6) is -1.21. The summed E-state index contributed by atoms with van der Waals surface area (Å²) in [7, 11) is 1.30. The van der Waals surface area contributed by atoms with E-state index in [0.29, 0.717) is 31.1 Å². The van der Waals surface area contributed by atoms with Crippen molar-refractivity contribution in [1.29, 1.82) is 0 Å². The highest BCUT2D eigenvalue weighted by Crippen LogP contribution is 2.36. The summed E-state index contributed by atoms with van der Waals surface area (Å²) < 4.78 is 18.7. The quantitative estimate of drug-likeness (QED) is 0.625. The van der Waals surface area contributed by atoms with Gasteiger partial charge in [-0.2, -0.15) is 0 Å². The van der Waals surface area contributed by atoms with Crippen LogP contribution in [0.1, 0.15) is 12.8 Å². The number of methoxy groups -OCH3 is 1. The second-order valence-corrected chi connectivity index (χ2v) is 6.56. The molecule has 0 aliphatic carbocycles. The second-order valence-electron chi connectivity index (χ2n) is 5.73. The first kappa shape index (κ1) is 18.0. The summed E-state index contributed by atoms with van der Waals surface area (Å²) in [6, 6.07) is 2.19. The zero-order valence-electron chi connectivity index (χ0n) is 13.8. The van der Waals surface area contributed by atoms with Gasteiger partial charge in [-0.3, -0.25) is 14.9 Å². The topological polar surface area (TPSA) is 110 Å². The van der Waals surface area contributed by atoms with Crippen LogP contribution in [-0.2, 0) is 4.79 Å². The number of nitro benzene ring substituents is 1. The number of anilines is 2. The van der Waals surface area contributed by atoms with Crippen LogP contribution in [0.4, 0.5) is 20.9 Å². The number of hydrogen-bond donors (Lipinski definition) is 1. The highest BCUT2D eigenvalue weighted by atomic mass is 32.1. The number of nitrogens with zero attached hydrogens (tertiary/aromatic N) is 4. The number of halogens is 1. The fraction of sp³-hybridized carbons (Fsp3) is 0.400. The van der Waals surface area contributed by atoms with Gasteiger partial charge in [-0.25, -0.2) is 4.39 Å². The van der Waals surface area contributed by atoms with Crippen molar-refractivity contribution in [2.45, 2.75) is 12.8 Å². The Bertz CT molecular complexity index is 809. The molecule has 3 rings (SSSR count). The summed E-state index contributed by atoms with van der Waals surface area (Å²) >= 11 is 1.23. The molecule has 26 heavy (non-hydrogen) atoms. The van der Waals surface area contributed by atoms with E-state index in [0.717, 1.165) is 6.07 Å². The van der Waals surface area contributed by atoms with E-state index in [1.165, 1.54) is 30.0 Å². The van der Waals surface area contributed by atoms with Crippen molar-refractivity contribution in [3.05, 3.63) is 33.6 Å². The van der Waals surface area contributed by atoms with Crippen molar-refractivity contribution in [3.8, 4) is 5.75 Å². The number of ether oxygens (including phenoxy) is 1. The van der Waals surface area contributed by atoms with Gasteiger partial charge in [-0.1, -0.05) is 11.3 Å². The third-order valence-corrected chi connectivity index (χ3v) is 4.85. The van der Waals surface area contributed by atoms with E-state index in [2.05, 4.69) is 15.5 Å². The molecule has 138 valence electrons. The number of carbonyl (C=O) groups excluding carboxylic acids is 1. The number of carbonyl (C=O) groups is 1. The number of nitro groups is 1. The number of rotatable bonds is 5. The van der Waals surface area contributed by atoms with Crippen LogP contribution < -0.4 is 15.0 Å². The third-order valence-electron chi connectivity index (χ3n) is 4.24. The minimum absolute atomic E-state index is 0.0539. The molecule has 1 saturated heterocycles. The van der Waals surface area contributed by atoms with Crippen LogP contribution in [0.2, 0.25) is 0 Å². The lowest BCUT2D eigenvalue weighted by Gasteiger charge is -2.32. The van der Waals surface area contributed by atoms with Crippen molar-refractivity contribution < 1.29 is 18.8 Å². The van der Waals surface area contributed by atoms with Gasteiger partial charge in [0.05, 0.1) is 18.1 Å². The molecule has 1 fully saturated rings. The number of piperidine rings is 1. The van der Waals surface area contributed by atoms with Crippen molar-refractivity contribution in [1.82, 2.24) is 10.2 Å². The van der Waals surface area contributed by atoms with Crippen LogP contribution in [0.15, 0.2) is 17.6 Å². The second kappa shape index (κ2) is 7.60. The van der Waals surface area contributed by atoms with Gasteiger partial charge in [-0.05, 0) is 12.8 Å². The maximum Gasteiger partial charge on any atom is 0.295 e. The molecule has 2 aromatic rings. The first-order chi connectivity index (χ1) is 12.5. The third kappa shape index (κ3) is 3.72. The minimum atomic E-state index is -0.783. The van der Waals surface area contributed by atoms with E-state index in [1.807, 2.05) is 0 Å². The van der Waals surface area contributed by atoms with Crippen molar-refractivity contribution >= 4 is 33.8 Å². The molecule has 9 nitrogen and oxygen atoms in total. The van der Waals surface area contributed by atoms with Crippen LogP contribution >= 0.6 is 11.3 Å². The molecule has 1 aromatic carbocycles. The Labute approximate surface area is 151 Å². The average molecular weight is 381 g/mol. The Kier molecular flexibility index (Phi) is 5.26. The van der Waals surface area contributed by atoms with E-state index in [-0.39, 0.29) is 28.9 Å². The Morgan fingerprint density at radius 3 is 2.77 bits per heavy atom. The Morgan fingerprint density at radius 2 is 2.19 bits per heavy atom. The first-order valence-electron chi connectivity index (χ1n) is 7.83. The van der Waals surface area contributed by atoms with Gasteiger partial charge >= 0.3 is 0 Å². The Balaban J connectivity index is 1.71. The zero-order valence-corrected chi connectivity index (χ0v) is 14.7. The zero-order chi connectivity index (χ0) is 18.7. The molecule has 1 aliphatic heterocycles. The molecule has 0 bridgehead atoms. The molecule has 0 radical (unpaired) electrons. The predicted molar refractivity (Wildman–Crippen MR) is 93.1 cm³/mol. The molecule has 0 spiro atoms. The van der Waals surface area contributed by atoms with Gasteiger partial charge < -0.3 is 15.0 Å². The van der Waals surface area contributed by atoms with E-state index in [9.17, 15) is 19.3 Å². The van der Waals surface area contributed by atoms with E-state index in [1.54, 1.807) is 4.90 Å². The lowest BCUT2D eigenvalue weighted by Crippen LogP contribution is -2.38. The first-order valence-corrected chi connectivity index (χ1v) is 8.71. The highest BCUT2D eigenvalue weighted by molar-refractivity contribution is 7.13. The van der Waals surface area contributed by atoms with E-state index < -0.39 is 10.7 Å². The van der Waals surface area contributed by atoms with E-state index >= 15 is 0 Å². The van der Waals surface area contributed by atoms with Crippen molar-refractivity contribution in [2.24, 2.45) is 5.92 Å². The van der Waals surface area contributed by atoms with Crippen molar-refractivity contribution in [2.75, 3.05) is 30.4 Å². The number of hydrogen-bond acceptors (Lipinski definition) is 8. The fourth-order valence-electron chi connectivity index (χ4n) is 2.91. The molecule has 2 heterocycles. The maximum atomic E-state index is 13.8. The molecule has 0 atom stereocenters. The summed E-state index contributed by atoms with van der Waals surface area (Å²) in [4.78, 5) is 24.7. The summed E-state index contributed by atoms with van der Waals surface area (Å²) in [5.41, 5.74) is 1.50. The summed E-state index contributed by atoms with van der Waals surface area (Å²) in [5, 5.41) is 21.8. The molecule has 1 aliphatic rings. The van der Waals surface area contributed by atoms with Crippen LogP contribution in [0.25, 0.3) is 0 Å². The number of benzene rings is 1. The standard InChI is InChI=1S/C15H16FN5O4S/c1-25-13-7-11(12(21(23)24)6-10(13)16)20-4-2-9(3-5-20)14(22)18-15-19-17-8-26-15/h6-9H,2-5H2,1H3,(H,18,19,22). The molecule has 1 aromatic heterocycles. The lowest BCUT2D eigenvalue weighted by atomic mass is 9.95. The summed E-state index contributed by atoms with van der Waals surface area (Å²) in [6.45, 7) is 0.869. The monoisotopic (exact) mass is 381 g/mol. The van der Waals surface area contributed by atoms with Crippen molar-refractivity contribution in [3.63, 3.8) is 0 Å². The predicted octanol–water partition coefficient (Wildman–Crippen LogP) is 2.45. The lowest BCUT2D eigenvalue weighted by molar-refractivity contribution is -0.384. The van der Waals surface area contributed by atoms with Gasteiger partial charge in [0, 0.05) is 25.1 Å². The average Bonchev–Trinajstić information content (AvgIpc) is 3.14. The summed E-state index contributed by atoms with van der Waals surface area (Å²) in [6.07, 6.45) is 1.03. The Morgan fingerprint density at radius 1 is 1.46 bits per heavy atom. The smallest absolute Gasteiger partial charge is 0.295 e. The molecule has 0 saturated carbocycles. The highest BCUT2D eigenvalue weighted by Gasteiger charge is 2.30. The largest absolute Gasteiger partial charge is 0.494 e. The number of aromatic nitrogens is 2. The normalized spacial score (nSPS) is 14.9. The van der Waals surface area contributed by atoms with E-state index in [4.69, 9.17) is 4.74 Å². The minimum Gasteiger partial charge on any atom is -0.494 e.